The summed E-state index contributed by atoms with van der Waals surface area (Å²) in [6.45, 7) is 1.65. The van der Waals surface area contributed by atoms with E-state index in [1.165, 1.54) is 67.3 Å². The summed E-state index contributed by atoms with van der Waals surface area (Å²) in [5, 5.41) is 0. The number of carbonyl (C=O) groups excluding carboxylic acids is 3. The van der Waals surface area contributed by atoms with Crippen LogP contribution >= 0.6 is 11.3 Å². The number of sulfonamides is 1. The summed E-state index contributed by atoms with van der Waals surface area (Å²) in [7, 11) is -1.19. The van der Waals surface area contributed by atoms with E-state index in [1.807, 2.05) is 0 Å². The number of aromatic nitrogens is 1. The second-order valence-electron chi connectivity index (χ2n) is 8.23. The summed E-state index contributed by atoms with van der Waals surface area (Å²) < 4.78 is 45.2. The third kappa shape index (κ3) is 6.38. The minimum absolute atomic E-state index is 0.0197. The number of methoxy groups -OCH3 is 2. The molecule has 13 heteroatoms. The van der Waals surface area contributed by atoms with Crippen LogP contribution < -0.4 is 14.3 Å². The van der Waals surface area contributed by atoms with Crippen LogP contribution in [0.1, 0.15) is 27.6 Å². The maximum absolute atomic E-state index is 13.2. The summed E-state index contributed by atoms with van der Waals surface area (Å²) in [4.78, 5) is 41.9. The van der Waals surface area contributed by atoms with Crippen molar-refractivity contribution in [1.29, 1.82) is 0 Å². The van der Waals surface area contributed by atoms with Gasteiger partial charge in [0.1, 0.15) is 12.3 Å². The normalized spacial score (nSPS) is 11.7. The lowest BCUT2D eigenvalue weighted by Crippen LogP contribution is -2.23. The highest BCUT2D eigenvalue weighted by molar-refractivity contribution is 7.92. The van der Waals surface area contributed by atoms with Crippen LogP contribution in [0.2, 0.25) is 0 Å². The molecule has 0 saturated heterocycles. The Morgan fingerprint density at radius 3 is 2.40 bits per heavy atom. The minimum Gasteiger partial charge on any atom is -0.497 e. The van der Waals surface area contributed by atoms with Gasteiger partial charge >= 0.3 is 11.9 Å². The zero-order valence-corrected chi connectivity index (χ0v) is 23.4. The molecular formula is C27H25N3O8S2. The number of hydrogen-bond donors (Lipinski definition) is 1. The van der Waals surface area contributed by atoms with E-state index >= 15 is 0 Å². The van der Waals surface area contributed by atoms with Crippen molar-refractivity contribution in [1.82, 2.24) is 4.57 Å². The van der Waals surface area contributed by atoms with Crippen LogP contribution in [-0.4, -0.2) is 51.7 Å². The summed E-state index contributed by atoms with van der Waals surface area (Å²) in [5.41, 5.74) is 1.15. The van der Waals surface area contributed by atoms with E-state index in [-0.39, 0.29) is 34.1 Å². The van der Waals surface area contributed by atoms with Crippen molar-refractivity contribution in [2.45, 2.75) is 18.4 Å². The second-order valence-corrected chi connectivity index (χ2v) is 10.9. The van der Waals surface area contributed by atoms with E-state index in [4.69, 9.17) is 14.2 Å². The van der Waals surface area contributed by atoms with Gasteiger partial charge in [-0.15, -0.1) is 0 Å². The smallest absolute Gasteiger partial charge is 0.337 e. The zero-order chi connectivity index (χ0) is 28.9. The van der Waals surface area contributed by atoms with Gasteiger partial charge in [-0.05, 0) is 67.6 Å². The highest BCUT2D eigenvalue weighted by Gasteiger charge is 2.17. The Labute approximate surface area is 233 Å². The van der Waals surface area contributed by atoms with Gasteiger partial charge in [-0.2, -0.15) is 4.99 Å². The Balaban J connectivity index is 1.69. The molecule has 1 aromatic heterocycles. The Kier molecular flexibility index (Phi) is 8.65. The molecule has 11 nitrogen and oxygen atoms in total. The average molecular weight is 584 g/mol. The highest BCUT2D eigenvalue weighted by atomic mass is 32.2. The Hall–Kier alpha value is -4.49. The number of benzene rings is 3. The fourth-order valence-electron chi connectivity index (χ4n) is 3.73. The molecule has 0 atom stereocenters. The van der Waals surface area contributed by atoms with Crippen LogP contribution in [0.3, 0.4) is 0 Å². The molecule has 0 aliphatic rings. The maximum atomic E-state index is 13.2. The summed E-state index contributed by atoms with van der Waals surface area (Å²) in [6, 6.07) is 16.5. The van der Waals surface area contributed by atoms with Gasteiger partial charge in [0.05, 0.1) is 41.5 Å². The molecule has 0 bridgehead atoms. The predicted molar refractivity (Wildman–Crippen MR) is 148 cm³/mol. The monoisotopic (exact) mass is 583 g/mol. The minimum atomic E-state index is -3.93. The number of anilines is 1. The molecule has 0 fully saturated rings. The topological polar surface area (TPSA) is 142 Å². The number of nitrogens with zero attached hydrogens (tertiary/aromatic N) is 2. The molecule has 4 aromatic rings. The number of carbonyl (C=O) groups is 3. The molecule has 1 heterocycles. The SMILES string of the molecule is CCOC(=O)Cn1c(=NC(=O)c2cccc(NS(=O)(=O)c3ccc(OC)cc3)c2)sc2cc(C(=O)OC)ccc21. The number of ether oxygens (including phenoxy) is 3. The summed E-state index contributed by atoms with van der Waals surface area (Å²) in [6.07, 6.45) is 0. The number of amides is 1. The van der Waals surface area contributed by atoms with Crippen molar-refractivity contribution in [3.05, 3.63) is 82.7 Å². The van der Waals surface area contributed by atoms with Crippen LogP contribution in [0, 0.1) is 0 Å². The van der Waals surface area contributed by atoms with Gasteiger partial charge in [0.25, 0.3) is 15.9 Å². The molecular weight excluding hydrogens is 558 g/mol. The average Bonchev–Trinajstić information content (AvgIpc) is 3.28. The molecule has 208 valence electrons. The molecule has 0 unspecified atom stereocenters. The van der Waals surface area contributed by atoms with Crippen LogP contribution in [0.15, 0.2) is 76.6 Å². The van der Waals surface area contributed by atoms with E-state index in [9.17, 15) is 22.8 Å². The van der Waals surface area contributed by atoms with E-state index in [2.05, 4.69) is 9.71 Å². The molecule has 0 radical (unpaired) electrons. The van der Waals surface area contributed by atoms with E-state index in [0.717, 1.165) is 11.3 Å². The number of thiazole rings is 1. The number of rotatable bonds is 9. The number of hydrogen-bond acceptors (Lipinski definition) is 9. The van der Waals surface area contributed by atoms with E-state index in [0.29, 0.717) is 21.5 Å². The Morgan fingerprint density at radius 2 is 1.73 bits per heavy atom. The van der Waals surface area contributed by atoms with Crippen molar-refractivity contribution in [2.24, 2.45) is 4.99 Å². The first-order chi connectivity index (χ1) is 19.1. The van der Waals surface area contributed by atoms with Crippen molar-refractivity contribution in [2.75, 3.05) is 25.5 Å². The quantitative estimate of drug-likeness (QED) is 0.295. The van der Waals surface area contributed by atoms with Gasteiger partial charge in [0, 0.05) is 11.3 Å². The molecule has 1 amide bonds. The van der Waals surface area contributed by atoms with Gasteiger partial charge < -0.3 is 18.8 Å². The van der Waals surface area contributed by atoms with Gasteiger partial charge in [-0.1, -0.05) is 17.4 Å². The lowest BCUT2D eigenvalue weighted by Gasteiger charge is -2.09. The standard InChI is InChI=1S/C27H25N3O8S2/c1-4-38-24(31)16-30-22-13-8-18(26(33)37-3)15-23(22)39-27(30)28-25(32)17-6-5-7-19(14-17)29-40(34,35)21-11-9-20(36-2)10-12-21/h5-15,29H,4,16H2,1-3H3. The van der Waals surface area contributed by atoms with Crippen molar-refractivity contribution in [3.8, 4) is 5.75 Å². The molecule has 40 heavy (non-hydrogen) atoms. The highest BCUT2D eigenvalue weighted by Crippen LogP contribution is 2.22. The van der Waals surface area contributed by atoms with Crippen LogP contribution in [0.4, 0.5) is 5.69 Å². The zero-order valence-electron chi connectivity index (χ0n) is 21.7. The van der Waals surface area contributed by atoms with Crippen molar-refractivity contribution < 1.29 is 37.0 Å². The third-order valence-electron chi connectivity index (χ3n) is 5.63. The predicted octanol–water partition coefficient (Wildman–Crippen LogP) is 3.60. The Morgan fingerprint density at radius 1 is 0.975 bits per heavy atom. The van der Waals surface area contributed by atoms with Crippen LogP contribution in [-0.2, 0) is 30.8 Å². The summed E-state index contributed by atoms with van der Waals surface area (Å²) in [5.74, 6) is -1.21. The summed E-state index contributed by atoms with van der Waals surface area (Å²) >= 11 is 1.10. The first-order valence-corrected chi connectivity index (χ1v) is 14.2. The number of fused-ring (bicyclic) bond motifs is 1. The van der Waals surface area contributed by atoms with Gasteiger partial charge in [-0.3, -0.25) is 14.3 Å². The largest absolute Gasteiger partial charge is 0.497 e. The van der Waals surface area contributed by atoms with Crippen molar-refractivity contribution >= 4 is 55.1 Å². The fourth-order valence-corrected chi connectivity index (χ4v) is 5.84. The molecule has 0 saturated carbocycles. The molecule has 0 aliphatic carbocycles. The molecule has 0 aliphatic heterocycles. The Bertz CT molecular complexity index is 1760. The number of nitrogens with one attached hydrogen (secondary N) is 1. The maximum Gasteiger partial charge on any atom is 0.337 e. The van der Waals surface area contributed by atoms with E-state index in [1.54, 1.807) is 25.1 Å². The van der Waals surface area contributed by atoms with Crippen molar-refractivity contribution in [3.63, 3.8) is 0 Å². The van der Waals surface area contributed by atoms with Gasteiger partial charge in [-0.25, -0.2) is 13.2 Å². The first kappa shape index (κ1) is 28.5. The van der Waals surface area contributed by atoms with Gasteiger partial charge in [0.15, 0.2) is 4.80 Å². The van der Waals surface area contributed by atoms with Crippen LogP contribution in [0.5, 0.6) is 5.75 Å². The molecule has 4 rings (SSSR count). The van der Waals surface area contributed by atoms with E-state index < -0.39 is 27.9 Å². The van der Waals surface area contributed by atoms with Crippen LogP contribution in [0.25, 0.3) is 10.2 Å². The number of esters is 2. The van der Waals surface area contributed by atoms with Gasteiger partial charge in [0.2, 0.25) is 0 Å². The molecule has 1 N–H and O–H groups in total. The fraction of sp³-hybridized carbons (Fsp3) is 0.185. The lowest BCUT2D eigenvalue weighted by atomic mass is 10.2. The molecule has 3 aromatic carbocycles. The first-order valence-electron chi connectivity index (χ1n) is 11.9. The third-order valence-corrected chi connectivity index (χ3v) is 8.06. The molecule has 0 spiro atoms. The second kappa shape index (κ2) is 12.1. The lowest BCUT2D eigenvalue weighted by molar-refractivity contribution is -0.143.